The first-order valence-corrected chi connectivity index (χ1v) is 12.4. The normalized spacial score (nSPS) is 19.9. The fourth-order valence-electron chi connectivity index (χ4n) is 4.73. The Morgan fingerprint density at radius 1 is 1.14 bits per heavy atom. The number of pyridine rings is 1. The number of carbonyl (C=O) groups excluding carboxylic acids is 2. The summed E-state index contributed by atoms with van der Waals surface area (Å²) in [6, 6.07) is 12.9. The van der Waals surface area contributed by atoms with Crippen molar-refractivity contribution in [2.75, 3.05) is 6.61 Å². The lowest BCUT2D eigenvalue weighted by molar-refractivity contribution is -0.124. The second-order valence-corrected chi connectivity index (χ2v) is 10.3. The SMILES string of the molecule is C[CH]C1(CO[C@]2(c3ccc(Cl)cc3)c3c(F)cc(C(C)=O)cc3C(=O)N2Cc2ccc(Cl)cn2)CC1. The highest BCUT2D eigenvalue weighted by atomic mass is 35.5. The second kappa shape index (κ2) is 9.25. The summed E-state index contributed by atoms with van der Waals surface area (Å²) in [6.07, 6.45) is 5.49. The first kappa shape index (κ1) is 24.9. The van der Waals surface area contributed by atoms with Gasteiger partial charge in [0.25, 0.3) is 5.91 Å². The summed E-state index contributed by atoms with van der Waals surface area (Å²) in [5, 5.41) is 0.957. The second-order valence-electron chi connectivity index (χ2n) is 9.39. The van der Waals surface area contributed by atoms with Crippen molar-refractivity contribution in [1.82, 2.24) is 9.88 Å². The van der Waals surface area contributed by atoms with Gasteiger partial charge in [-0.3, -0.25) is 19.5 Å². The van der Waals surface area contributed by atoms with Crippen molar-refractivity contribution in [3.63, 3.8) is 0 Å². The number of amides is 1. The molecule has 1 aromatic heterocycles. The van der Waals surface area contributed by atoms with Gasteiger partial charge in [0.05, 0.1) is 35.0 Å². The van der Waals surface area contributed by atoms with Crippen LogP contribution in [0.3, 0.4) is 0 Å². The Hall–Kier alpha value is -2.80. The number of halogens is 3. The first-order chi connectivity index (χ1) is 17.2. The molecule has 2 heterocycles. The molecule has 1 aliphatic heterocycles. The number of ether oxygens (including phenoxy) is 1. The number of nitrogens with zero attached hydrogens (tertiary/aromatic N) is 2. The Morgan fingerprint density at radius 3 is 2.42 bits per heavy atom. The van der Waals surface area contributed by atoms with E-state index in [0.29, 0.717) is 21.3 Å². The largest absolute Gasteiger partial charge is 0.346 e. The molecule has 1 atom stereocenters. The number of ketones is 1. The van der Waals surface area contributed by atoms with Crippen molar-refractivity contribution >= 4 is 34.9 Å². The fourth-order valence-corrected chi connectivity index (χ4v) is 4.96. The number of fused-ring (bicyclic) bond motifs is 1. The smallest absolute Gasteiger partial charge is 0.257 e. The third-order valence-electron chi connectivity index (χ3n) is 7.11. The Bertz CT molecular complexity index is 1340. The standard InChI is InChI=1S/C28H24Cl2FN2O3/c1-3-27(10-11-27)16-36-28(19-4-6-20(29)7-5-19)25-23(12-18(17(2)34)13-24(25)31)26(35)33(28)15-22-9-8-21(30)14-32-22/h3-9,12-14H,10-11,15-16H2,1-2H3/t28-/m1/s1. The van der Waals surface area contributed by atoms with E-state index in [-0.39, 0.29) is 41.0 Å². The van der Waals surface area contributed by atoms with Gasteiger partial charge in [0, 0.05) is 22.3 Å². The minimum Gasteiger partial charge on any atom is -0.346 e. The predicted molar refractivity (Wildman–Crippen MR) is 135 cm³/mol. The minimum atomic E-state index is -1.59. The van der Waals surface area contributed by atoms with Crippen LogP contribution in [0.2, 0.25) is 10.0 Å². The summed E-state index contributed by atoms with van der Waals surface area (Å²) in [7, 11) is 0. The van der Waals surface area contributed by atoms with Crippen LogP contribution < -0.4 is 0 Å². The van der Waals surface area contributed by atoms with E-state index in [0.717, 1.165) is 12.8 Å². The van der Waals surface area contributed by atoms with Crippen LogP contribution in [0.15, 0.2) is 54.7 Å². The monoisotopic (exact) mass is 525 g/mol. The lowest BCUT2D eigenvalue weighted by Crippen LogP contribution is -2.48. The van der Waals surface area contributed by atoms with Gasteiger partial charge in [0.2, 0.25) is 0 Å². The van der Waals surface area contributed by atoms with Gasteiger partial charge in [0.1, 0.15) is 5.82 Å². The van der Waals surface area contributed by atoms with Gasteiger partial charge in [0.15, 0.2) is 11.5 Å². The molecule has 185 valence electrons. The van der Waals surface area contributed by atoms with E-state index < -0.39 is 17.4 Å². The van der Waals surface area contributed by atoms with Gasteiger partial charge in [-0.05, 0) is 68.0 Å². The molecule has 5 rings (SSSR count). The molecule has 3 aromatic rings. The highest BCUT2D eigenvalue weighted by molar-refractivity contribution is 6.30. The van der Waals surface area contributed by atoms with Crippen LogP contribution in [0.5, 0.6) is 0 Å². The number of benzene rings is 2. The van der Waals surface area contributed by atoms with Crippen LogP contribution in [-0.2, 0) is 17.0 Å². The molecule has 1 aliphatic carbocycles. The third-order valence-corrected chi connectivity index (χ3v) is 7.58. The van der Waals surface area contributed by atoms with Crippen molar-refractivity contribution in [2.45, 2.75) is 39.0 Å². The zero-order chi connectivity index (χ0) is 25.7. The molecule has 1 fully saturated rings. The maximum absolute atomic E-state index is 15.9. The van der Waals surface area contributed by atoms with Crippen molar-refractivity contribution in [1.29, 1.82) is 0 Å². The van der Waals surface area contributed by atoms with Gasteiger partial charge >= 0.3 is 0 Å². The zero-order valence-corrected chi connectivity index (χ0v) is 21.4. The average molecular weight is 526 g/mol. The number of aromatic nitrogens is 1. The molecule has 5 nitrogen and oxygen atoms in total. The summed E-state index contributed by atoms with van der Waals surface area (Å²) in [4.78, 5) is 31.9. The Morgan fingerprint density at radius 2 is 1.83 bits per heavy atom. The Balaban J connectivity index is 1.73. The van der Waals surface area contributed by atoms with Crippen LogP contribution in [0.1, 0.15) is 64.2 Å². The van der Waals surface area contributed by atoms with E-state index in [2.05, 4.69) is 11.4 Å². The van der Waals surface area contributed by atoms with Crippen molar-refractivity contribution in [3.05, 3.63) is 105 Å². The van der Waals surface area contributed by atoms with E-state index in [4.69, 9.17) is 27.9 Å². The summed E-state index contributed by atoms with van der Waals surface area (Å²) in [6.45, 7) is 3.64. The van der Waals surface area contributed by atoms with E-state index >= 15 is 4.39 Å². The average Bonchev–Trinajstić information content (AvgIpc) is 3.61. The van der Waals surface area contributed by atoms with Crippen LogP contribution in [0.4, 0.5) is 4.39 Å². The number of rotatable bonds is 8. The first-order valence-electron chi connectivity index (χ1n) is 11.7. The van der Waals surface area contributed by atoms with Crippen molar-refractivity contribution in [3.8, 4) is 0 Å². The molecular weight excluding hydrogens is 502 g/mol. The number of hydrogen-bond acceptors (Lipinski definition) is 4. The van der Waals surface area contributed by atoms with E-state index in [1.807, 2.05) is 6.92 Å². The van der Waals surface area contributed by atoms with Crippen LogP contribution in [0.25, 0.3) is 0 Å². The molecule has 1 saturated carbocycles. The van der Waals surface area contributed by atoms with Gasteiger partial charge in [-0.25, -0.2) is 4.39 Å². The molecular formula is C28H24Cl2FN2O3. The van der Waals surface area contributed by atoms with Gasteiger partial charge in [-0.2, -0.15) is 0 Å². The minimum absolute atomic E-state index is 0.0327. The maximum Gasteiger partial charge on any atom is 0.257 e. The summed E-state index contributed by atoms with van der Waals surface area (Å²) in [5.74, 6) is -1.47. The molecule has 0 N–H and O–H groups in total. The van der Waals surface area contributed by atoms with Crippen LogP contribution >= 0.6 is 23.2 Å². The van der Waals surface area contributed by atoms with Gasteiger partial charge < -0.3 is 4.74 Å². The third kappa shape index (κ3) is 4.21. The molecule has 2 aliphatic rings. The molecule has 2 aromatic carbocycles. The molecule has 0 bridgehead atoms. The van der Waals surface area contributed by atoms with Gasteiger partial charge in [-0.15, -0.1) is 0 Å². The summed E-state index contributed by atoms with van der Waals surface area (Å²) < 4.78 is 22.6. The van der Waals surface area contributed by atoms with Crippen molar-refractivity contribution < 1.29 is 18.7 Å². The van der Waals surface area contributed by atoms with Crippen molar-refractivity contribution in [2.24, 2.45) is 5.41 Å². The molecule has 1 amide bonds. The number of hydrogen-bond donors (Lipinski definition) is 0. The topological polar surface area (TPSA) is 59.5 Å². The molecule has 0 spiro atoms. The molecule has 36 heavy (non-hydrogen) atoms. The fraction of sp³-hybridized carbons (Fsp3) is 0.286. The van der Waals surface area contributed by atoms with E-state index in [1.165, 1.54) is 30.2 Å². The predicted octanol–water partition coefficient (Wildman–Crippen LogP) is 6.61. The van der Waals surface area contributed by atoms with E-state index in [9.17, 15) is 9.59 Å². The van der Waals surface area contributed by atoms with Crippen LogP contribution in [0, 0.1) is 17.7 Å². The highest BCUT2D eigenvalue weighted by Crippen LogP contribution is 2.53. The number of carbonyl (C=O) groups is 2. The quantitative estimate of drug-likeness (QED) is 0.310. The maximum atomic E-state index is 15.9. The molecule has 0 saturated heterocycles. The number of Topliss-reactive ketones (excluding diaryl/α,β-unsaturated/α-hetero) is 1. The Kier molecular flexibility index (Phi) is 6.39. The van der Waals surface area contributed by atoms with E-state index in [1.54, 1.807) is 36.4 Å². The summed E-state index contributed by atoms with van der Waals surface area (Å²) in [5.41, 5.74) is -0.319. The molecule has 8 heteroatoms. The highest BCUT2D eigenvalue weighted by Gasteiger charge is 2.56. The van der Waals surface area contributed by atoms with Gasteiger partial charge in [-0.1, -0.05) is 42.3 Å². The van der Waals surface area contributed by atoms with Crippen LogP contribution in [-0.4, -0.2) is 28.2 Å². The lowest BCUT2D eigenvalue weighted by Gasteiger charge is -2.40. The Labute approximate surface area is 219 Å². The zero-order valence-electron chi connectivity index (χ0n) is 19.9. The summed E-state index contributed by atoms with van der Waals surface area (Å²) >= 11 is 12.2. The lowest BCUT2D eigenvalue weighted by atomic mass is 9.91. The molecule has 1 radical (unpaired) electrons. The molecule has 0 unspecified atom stereocenters.